The summed E-state index contributed by atoms with van der Waals surface area (Å²) < 4.78 is 10.9. The first-order valence-electron chi connectivity index (χ1n) is 9.71. The first kappa shape index (κ1) is 23.6. The predicted octanol–water partition coefficient (Wildman–Crippen LogP) is 3.89. The molecule has 162 valence electrons. The largest absolute Gasteiger partial charge is 0.493 e. The lowest BCUT2D eigenvalue weighted by Crippen LogP contribution is -2.57. The summed E-state index contributed by atoms with van der Waals surface area (Å²) in [5.41, 5.74) is 1.05. The fraction of sp³-hybridized carbons (Fsp3) is 0.600. The number of thioether (sulfide) groups is 1. The molecule has 0 radical (unpaired) electrons. The molecule has 0 aromatic heterocycles. The molecule has 1 aromatic rings. The van der Waals surface area contributed by atoms with E-state index in [9.17, 15) is 10.0 Å². The SMILES string of the molecule is CCCCNC(=O)N(O)[C@H]1N(CCc2ccc(OC)c(OC)c2)C(=S)SC1(C)C. The van der Waals surface area contributed by atoms with Crippen LogP contribution in [0.25, 0.3) is 0 Å². The molecule has 1 atom stereocenters. The molecule has 2 rings (SSSR count). The van der Waals surface area contributed by atoms with E-state index in [0.717, 1.165) is 23.5 Å². The minimum absolute atomic E-state index is 0.439. The summed E-state index contributed by atoms with van der Waals surface area (Å²) in [4.78, 5) is 14.3. The molecule has 2 amide bonds. The number of hydroxylamine groups is 2. The molecule has 9 heteroatoms. The molecule has 0 saturated carbocycles. The van der Waals surface area contributed by atoms with Crippen molar-refractivity contribution in [2.24, 2.45) is 0 Å². The van der Waals surface area contributed by atoms with E-state index in [0.29, 0.717) is 35.3 Å². The van der Waals surface area contributed by atoms with E-state index in [1.165, 1.54) is 11.8 Å². The van der Waals surface area contributed by atoms with Crippen LogP contribution in [0.2, 0.25) is 0 Å². The summed E-state index contributed by atoms with van der Waals surface area (Å²) >= 11 is 7.05. The number of carbonyl (C=O) groups excluding carboxylic acids is 1. The third-order valence-electron chi connectivity index (χ3n) is 4.84. The van der Waals surface area contributed by atoms with Crippen molar-refractivity contribution < 1.29 is 19.5 Å². The van der Waals surface area contributed by atoms with Crippen molar-refractivity contribution >= 4 is 34.3 Å². The number of urea groups is 1. The molecule has 0 spiro atoms. The molecule has 29 heavy (non-hydrogen) atoms. The van der Waals surface area contributed by atoms with Gasteiger partial charge in [-0.05, 0) is 44.4 Å². The van der Waals surface area contributed by atoms with Crippen LogP contribution in [-0.2, 0) is 6.42 Å². The van der Waals surface area contributed by atoms with E-state index in [1.54, 1.807) is 14.2 Å². The van der Waals surface area contributed by atoms with Crippen molar-refractivity contribution in [1.82, 2.24) is 15.3 Å². The number of benzene rings is 1. The van der Waals surface area contributed by atoms with Gasteiger partial charge in [-0.25, -0.2) is 4.79 Å². The van der Waals surface area contributed by atoms with Gasteiger partial charge >= 0.3 is 6.03 Å². The highest BCUT2D eigenvalue weighted by molar-refractivity contribution is 8.24. The summed E-state index contributed by atoms with van der Waals surface area (Å²) in [6, 6.07) is 5.27. The van der Waals surface area contributed by atoms with Gasteiger partial charge in [0, 0.05) is 13.1 Å². The summed E-state index contributed by atoms with van der Waals surface area (Å²) in [5, 5.41) is 14.2. The lowest BCUT2D eigenvalue weighted by Gasteiger charge is -2.37. The van der Waals surface area contributed by atoms with Crippen molar-refractivity contribution in [3.05, 3.63) is 23.8 Å². The van der Waals surface area contributed by atoms with E-state index in [2.05, 4.69) is 5.32 Å². The van der Waals surface area contributed by atoms with Crippen molar-refractivity contribution in [3.8, 4) is 11.5 Å². The monoisotopic (exact) mass is 441 g/mol. The van der Waals surface area contributed by atoms with E-state index >= 15 is 0 Å². The third kappa shape index (κ3) is 5.67. The fourth-order valence-corrected chi connectivity index (χ4v) is 5.23. The number of thiocarbonyl (C=S) groups is 1. The van der Waals surface area contributed by atoms with Gasteiger partial charge in [0.15, 0.2) is 11.5 Å². The van der Waals surface area contributed by atoms with Crippen LogP contribution < -0.4 is 14.8 Å². The number of amides is 2. The average molecular weight is 442 g/mol. The molecule has 0 unspecified atom stereocenters. The van der Waals surface area contributed by atoms with Gasteiger partial charge in [-0.1, -0.05) is 43.4 Å². The van der Waals surface area contributed by atoms with E-state index in [4.69, 9.17) is 21.7 Å². The Morgan fingerprint density at radius 1 is 1.34 bits per heavy atom. The molecule has 7 nitrogen and oxygen atoms in total. The summed E-state index contributed by atoms with van der Waals surface area (Å²) in [6.07, 6.45) is 1.96. The maximum Gasteiger partial charge on any atom is 0.343 e. The van der Waals surface area contributed by atoms with E-state index in [1.807, 2.05) is 43.9 Å². The van der Waals surface area contributed by atoms with E-state index < -0.39 is 16.9 Å². The van der Waals surface area contributed by atoms with Crippen LogP contribution in [0.3, 0.4) is 0 Å². The van der Waals surface area contributed by atoms with Gasteiger partial charge in [0.2, 0.25) is 0 Å². The Morgan fingerprint density at radius 2 is 2.03 bits per heavy atom. The third-order valence-corrected chi connectivity index (χ3v) is 6.47. The smallest absolute Gasteiger partial charge is 0.343 e. The topological polar surface area (TPSA) is 74.3 Å². The number of carbonyl (C=O) groups is 1. The van der Waals surface area contributed by atoms with Gasteiger partial charge < -0.3 is 19.7 Å². The zero-order valence-corrected chi connectivity index (χ0v) is 19.4. The maximum atomic E-state index is 12.4. The number of nitrogens with zero attached hydrogens (tertiary/aromatic N) is 2. The Morgan fingerprint density at radius 3 is 2.66 bits per heavy atom. The Bertz CT molecular complexity index is 730. The lowest BCUT2D eigenvalue weighted by atomic mass is 10.1. The van der Waals surface area contributed by atoms with Crippen LogP contribution in [0, 0.1) is 0 Å². The predicted molar refractivity (Wildman–Crippen MR) is 120 cm³/mol. The Balaban J connectivity index is 2.12. The molecule has 1 aromatic carbocycles. The van der Waals surface area contributed by atoms with Crippen molar-refractivity contribution in [3.63, 3.8) is 0 Å². The number of hydrogen-bond acceptors (Lipinski definition) is 6. The van der Waals surface area contributed by atoms with Crippen LogP contribution in [0.15, 0.2) is 18.2 Å². The molecule has 1 aliphatic rings. The van der Waals surface area contributed by atoms with Crippen LogP contribution in [0.1, 0.15) is 39.2 Å². The molecule has 1 heterocycles. The van der Waals surface area contributed by atoms with Crippen molar-refractivity contribution in [2.75, 3.05) is 27.3 Å². The van der Waals surface area contributed by atoms with Gasteiger partial charge in [0.25, 0.3) is 0 Å². The second-order valence-corrected chi connectivity index (χ2v) is 9.70. The minimum atomic E-state index is -0.554. The number of methoxy groups -OCH3 is 2. The first-order valence-corrected chi connectivity index (χ1v) is 10.9. The highest BCUT2D eigenvalue weighted by atomic mass is 32.2. The highest BCUT2D eigenvalue weighted by Crippen LogP contribution is 2.42. The van der Waals surface area contributed by atoms with E-state index in [-0.39, 0.29) is 0 Å². The number of hydrogen-bond donors (Lipinski definition) is 2. The number of unbranched alkanes of at least 4 members (excludes halogenated alkanes) is 1. The summed E-state index contributed by atoms with van der Waals surface area (Å²) in [5.74, 6) is 1.34. The Kier molecular flexibility index (Phi) is 8.42. The molecule has 1 aliphatic heterocycles. The van der Waals surface area contributed by atoms with Gasteiger partial charge in [0.1, 0.15) is 10.5 Å². The van der Waals surface area contributed by atoms with Gasteiger partial charge in [0.05, 0.1) is 19.0 Å². The zero-order chi connectivity index (χ0) is 21.6. The standard InChI is InChI=1S/C20H31N3O4S2/c1-6-7-11-21-18(24)23(25)17-20(2,3)29-19(28)22(17)12-10-14-8-9-15(26-4)16(13-14)27-5/h8-9,13,17,25H,6-7,10-12H2,1-5H3,(H,21,24)/t17-/m1/s1. The highest BCUT2D eigenvalue weighted by Gasteiger charge is 2.49. The number of nitrogens with one attached hydrogen (secondary N) is 1. The molecule has 0 aliphatic carbocycles. The van der Waals surface area contributed by atoms with Crippen molar-refractivity contribution in [2.45, 2.75) is 50.9 Å². The van der Waals surface area contributed by atoms with Crippen LogP contribution in [0.5, 0.6) is 11.5 Å². The molecule has 0 bridgehead atoms. The maximum absolute atomic E-state index is 12.4. The molecule has 1 fully saturated rings. The van der Waals surface area contributed by atoms with Crippen LogP contribution >= 0.6 is 24.0 Å². The fourth-order valence-electron chi connectivity index (χ4n) is 3.30. The summed E-state index contributed by atoms with van der Waals surface area (Å²) in [7, 11) is 3.21. The Hall–Kier alpha value is -1.71. The number of rotatable bonds is 9. The molecular weight excluding hydrogens is 410 g/mol. The Labute approximate surface area is 182 Å². The molecule has 1 saturated heterocycles. The quantitative estimate of drug-likeness (QED) is 0.261. The second-order valence-electron chi connectivity index (χ2n) is 7.41. The van der Waals surface area contributed by atoms with Gasteiger partial charge in [-0.2, -0.15) is 5.06 Å². The minimum Gasteiger partial charge on any atom is -0.493 e. The number of ether oxygens (including phenoxy) is 2. The molecular formula is C20H31N3O4S2. The molecule has 2 N–H and O–H groups in total. The van der Waals surface area contributed by atoms with Gasteiger partial charge in [-0.15, -0.1) is 0 Å². The van der Waals surface area contributed by atoms with Crippen LogP contribution in [-0.4, -0.2) is 63.7 Å². The average Bonchev–Trinajstić information content (AvgIpc) is 2.92. The van der Waals surface area contributed by atoms with Crippen LogP contribution in [0.4, 0.5) is 4.79 Å². The second kappa shape index (κ2) is 10.4. The first-order chi connectivity index (χ1) is 13.7. The van der Waals surface area contributed by atoms with Gasteiger partial charge in [-0.3, -0.25) is 5.21 Å². The van der Waals surface area contributed by atoms with Crippen molar-refractivity contribution in [1.29, 1.82) is 0 Å². The normalized spacial score (nSPS) is 17.9. The summed E-state index contributed by atoms with van der Waals surface area (Å²) in [6.45, 7) is 7.10. The lowest BCUT2D eigenvalue weighted by molar-refractivity contribution is -0.118. The zero-order valence-electron chi connectivity index (χ0n) is 17.7.